The number of nitrogen functional groups attached to an aromatic ring is 1. The molecule has 0 aliphatic heterocycles. The first-order valence-corrected chi connectivity index (χ1v) is 5.32. The van der Waals surface area contributed by atoms with Crippen LogP contribution in [-0.4, -0.2) is 5.75 Å². The van der Waals surface area contributed by atoms with E-state index < -0.39 is 0 Å². The lowest BCUT2D eigenvalue weighted by atomic mass is 10.2. The number of hydrogen-bond donors (Lipinski definition) is 1. The van der Waals surface area contributed by atoms with Crippen LogP contribution in [0.1, 0.15) is 18.9 Å². The zero-order chi connectivity index (χ0) is 9.84. The fourth-order valence-corrected chi connectivity index (χ4v) is 1.92. The normalized spacial score (nSPS) is 10.4. The number of rotatable bonds is 3. The third-order valence-electron chi connectivity index (χ3n) is 1.75. The summed E-state index contributed by atoms with van der Waals surface area (Å²) >= 11 is 1.68. The number of aryl methyl sites for hydroxylation is 1. The van der Waals surface area contributed by atoms with Gasteiger partial charge in [0.2, 0.25) is 0 Å². The van der Waals surface area contributed by atoms with Crippen LogP contribution in [0.25, 0.3) is 0 Å². The summed E-state index contributed by atoms with van der Waals surface area (Å²) < 4.78 is 13.0. The molecule has 0 aromatic heterocycles. The largest absolute Gasteiger partial charge is 0.398 e. The van der Waals surface area contributed by atoms with Crippen LogP contribution in [0.3, 0.4) is 0 Å². The highest BCUT2D eigenvalue weighted by Crippen LogP contribution is 2.27. The Hall–Kier alpha value is -0.700. The molecule has 0 unspecified atom stereocenters. The highest BCUT2D eigenvalue weighted by Gasteiger charge is 2.04. The molecule has 1 aromatic rings. The smallest absolute Gasteiger partial charge is 0.128 e. The number of nitrogens with two attached hydrogens (primary N) is 1. The minimum atomic E-state index is -0.224. The summed E-state index contributed by atoms with van der Waals surface area (Å²) in [7, 11) is 0. The molecule has 0 saturated carbocycles. The van der Waals surface area contributed by atoms with Gasteiger partial charge in [-0.2, -0.15) is 0 Å². The van der Waals surface area contributed by atoms with Crippen molar-refractivity contribution in [2.75, 3.05) is 11.5 Å². The Balaban J connectivity index is 2.88. The Morgan fingerprint density at radius 2 is 2.15 bits per heavy atom. The first-order chi connectivity index (χ1) is 6.15. The van der Waals surface area contributed by atoms with Crippen LogP contribution in [0.2, 0.25) is 0 Å². The Morgan fingerprint density at radius 3 is 2.77 bits per heavy atom. The van der Waals surface area contributed by atoms with Crippen molar-refractivity contribution in [1.82, 2.24) is 0 Å². The molecule has 0 aliphatic carbocycles. The molecule has 0 aliphatic rings. The minimum absolute atomic E-state index is 0.224. The van der Waals surface area contributed by atoms with Gasteiger partial charge in [0.25, 0.3) is 0 Å². The topological polar surface area (TPSA) is 26.0 Å². The highest BCUT2D eigenvalue weighted by atomic mass is 32.2. The number of anilines is 1. The fourth-order valence-electron chi connectivity index (χ4n) is 1.01. The standard InChI is InChI=1S/C10H14FNS/c1-3-4-13-10-5-7(2)8(11)6-9(10)12/h5-6H,3-4,12H2,1-2H3. The number of thioether (sulfide) groups is 1. The molecule has 0 saturated heterocycles. The van der Waals surface area contributed by atoms with E-state index in [0.717, 1.165) is 17.1 Å². The number of hydrogen-bond acceptors (Lipinski definition) is 2. The van der Waals surface area contributed by atoms with Gasteiger partial charge in [0.1, 0.15) is 5.82 Å². The molecule has 72 valence electrons. The molecule has 0 atom stereocenters. The van der Waals surface area contributed by atoms with Crippen LogP contribution in [0.15, 0.2) is 17.0 Å². The lowest BCUT2D eigenvalue weighted by molar-refractivity contribution is 0.618. The molecule has 0 spiro atoms. The van der Waals surface area contributed by atoms with Crippen LogP contribution in [0.5, 0.6) is 0 Å². The van der Waals surface area contributed by atoms with Crippen LogP contribution < -0.4 is 5.73 Å². The van der Waals surface area contributed by atoms with Crippen molar-refractivity contribution in [2.45, 2.75) is 25.2 Å². The summed E-state index contributed by atoms with van der Waals surface area (Å²) in [5, 5.41) is 0. The molecule has 1 nitrogen and oxygen atoms in total. The van der Waals surface area contributed by atoms with Crippen LogP contribution in [-0.2, 0) is 0 Å². The summed E-state index contributed by atoms with van der Waals surface area (Å²) in [6.07, 6.45) is 1.10. The Bertz CT molecular complexity index is 299. The van der Waals surface area contributed by atoms with Gasteiger partial charge in [-0.25, -0.2) is 4.39 Å². The summed E-state index contributed by atoms with van der Waals surface area (Å²) in [6.45, 7) is 3.87. The molecule has 0 bridgehead atoms. The van der Waals surface area contributed by atoms with E-state index in [-0.39, 0.29) is 5.82 Å². The van der Waals surface area contributed by atoms with Gasteiger partial charge in [-0.1, -0.05) is 6.92 Å². The minimum Gasteiger partial charge on any atom is -0.398 e. The van der Waals surface area contributed by atoms with Gasteiger partial charge < -0.3 is 5.73 Å². The monoisotopic (exact) mass is 199 g/mol. The van der Waals surface area contributed by atoms with Crippen molar-refractivity contribution in [1.29, 1.82) is 0 Å². The molecular formula is C10H14FNS. The third-order valence-corrected chi connectivity index (χ3v) is 3.03. The average Bonchev–Trinajstić information content (AvgIpc) is 2.09. The maximum absolute atomic E-state index is 13.0. The zero-order valence-electron chi connectivity index (χ0n) is 7.93. The number of halogens is 1. The molecule has 0 amide bonds. The van der Waals surface area contributed by atoms with E-state index in [9.17, 15) is 4.39 Å². The first-order valence-electron chi connectivity index (χ1n) is 4.33. The maximum Gasteiger partial charge on any atom is 0.128 e. The van der Waals surface area contributed by atoms with Crippen LogP contribution in [0.4, 0.5) is 10.1 Å². The maximum atomic E-state index is 13.0. The van der Waals surface area contributed by atoms with Crippen molar-refractivity contribution in [3.8, 4) is 0 Å². The molecule has 1 rings (SSSR count). The van der Waals surface area contributed by atoms with Crippen molar-refractivity contribution in [3.05, 3.63) is 23.5 Å². The molecule has 2 N–H and O–H groups in total. The van der Waals surface area contributed by atoms with E-state index in [4.69, 9.17) is 5.73 Å². The van der Waals surface area contributed by atoms with Crippen molar-refractivity contribution in [2.24, 2.45) is 0 Å². The van der Waals surface area contributed by atoms with Crippen molar-refractivity contribution >= 4 is 17.4 Å². The van der Waals surface area contributed by atoms with Gasteiger partial charge in [-0.3, -0.25) is 0 Å². The van der Waals surface area contributed by atoms with Gasteiger partial charge in [-0.15, -0.1) is 11.8 Å². The second-order valence-electron chi connectivity index (χ2n) is 2.99. The predicted octanol–water partition coefficient (Wildman–Crippen LogP) is 3.22. The molecule has 0 fully saturated rings. The third kappa shape index (κ3) is 2.62. The van der Waals surface area contributed by atoms with E-state index in [1.807, 2.05) is 6.07 Å². The highest BCUT2D eigenvalue weighted by molar-refractivity contribution is 7.99. The Morgan fingerprint density at radius 1 is 1.46 bits per heavy atom. The summed E-state index contributed by atoms with van der Waals surface area (Å²) in [5.74, 6) is 0.799. The molecule has 3 heteroatoms. The van der Waals surface area contributed by atoms with Gasteiger partial charge in [-0.05, 0) is 36.8 Å². The predicted molar refractivity (Wildman–Crippen MR) is 56.6 cm³/mol. The van der Waals surface area contributed by atoms with Crippen molar-refractivity contribution in [3.63, 3.8) is 0 Å². The SMILES string of the molecule is CCCSc1cc(C)c(F)cc1N. The molecule has 1 aromatic carbocycles. The zero-order valence-corrected chi connectivity index (χ0v) is 8.75. The molecule has 13 heavy (non-hydrogen) atoms. The Kier molecular flexibility index (Phi) is 3.60. The quantitative estimate of drug-likeness (QED) is 0.597. The van der Waals surface area contributed by atoms with Gasteiger partial charge in [0.15, 0.2) is 0 Å². The summed E-state index contributed by atoms with van der Waals surface area (Å²) in [6, 6.07) is 3.21. The van der Waals surface area contributed by atoms with E-state index in [2.05, 4.69) is 6.92 Å². The molecule has 0 heterocycles. The Labute approximate surface area is 82.5 Å². The fraction of sp³-hybridized carbons (Fsp3) is 0.400. The second kappa shape index (κ2) is 4.51. The summed E-state index contributed by atoms with van der Waals surface area (Å²) in [4.78, 5) is 0.987. The van der Waals surface area contributed by atoms with Gasteiger partial charge in [0.05, 0.1) is 0 Å². The van der Waals surface area contributed by atoms with Gasteiger partial charge >= 0.3 is 0 Å². The molecular weight excluding hydrogens is 185 g/mol. The van der Waals surface area contributed by atoms with Crippen LogP contribution >= 0.6 is 11.8 Å². The lowest BCUT2D eigenvalue weighted by Crippen LogP contribution is -1.93. The van der Waals surface area contributed by atoms with E-state index in [0.29, 0.717) is 11.3 Å². The van der Waals surface area contributed by atoms with E-state index in [1.54, 1.807) is 18.7 Å². The lowest BCUT2D eigenvalue weighted by Gasteiger charge is -2.06. The van der Waals surface area contributed by atoms with Crippen molar-refractivity contribution < 1.29 is 4.39 Å². The summed E-state index contributed by atoms with van der Waals surface area (Å²) in [5.41, 5.74) is 6.87. The average molecular weight is 199 g/mol. The van der Waals surface area contributed by atoms with Gasteiger partial charge in [0, 0.05) is 10.6 Å². The van der Waals surface area contributed by atoms with E-state index >= 15 is 0 Å². The number of benzene rings is 1. The van der Waals surface area contributed by atoms with Crippen LogP contribution in [0, 0.1) is 12.7 Å². The first kappa shape index (κ1) is 10.4. The van der Waals surface area contributed by atoms with E-state index in [1.165, 1.54) is 6.07 Å². The second-order valence-corrected chi connectivity index (χ2v) is 4.12. The molecule has 0 radical (unpaired) electrons.